The quantitative estimate of drug-likeness (QED) is 0.172. The molecule has 242 valence electrons. The van der Waals surface area contributed by atoms with Gasteiger partial charge in [0.25, 0.3) is 14.1 Å². The lowest BCUT2D eigenvalue weighted by molar-refractivity contribution is -0.0811. The van der Waals surface area contributed by atoms with Gasteiger partial charge in [-0.15, -0.1) is 0 Å². The van der Waals surface area contributed by atoms with E-state index in [4.69, 9.17) is 23.3 Å². The summed E-state index contributed by atoms with van der Waals surface area (Å²) in [5.41, 5.74) is -0.732. The molecule has 3 aliphatic rings. The molecule has 3 fully saturated rings. The number of aromatic amines is 1. The van der Waals surface area contributed by atoms with Crippen molar-refractivity contribution in [3.05, 3.63) is 93.3 Å². The fourth-order valence-corrected chi connectivity index (χ4v) is 12.8. The topological polar surface area (TPSA) is 124 Å². The molecule has 45 heavy (non-hydrogen) atoms. The van der Waals surface area contributed by atoms with E-state index in [2.05, 4.69) is 76.9 Å². The average molecular weight is 656 g/mol. The molecule has 6 rings (SSSR count). The van der Waals surface area contributed by atoms with Gasteiger partial charge in [0, 0.05) is 31.5 Å². The molecule has 0 amide bonds. The minimum absolute atomic E-state index is 0.0290. The summed E-state index contributed by atoms with van der Waals surface area (Å²) in [6.07, 6.45) is 0.302. The first-order chi connectivity index (χ1) is 21.8. The number of hydrogen-bond acceptors (Lipinski definition) is 9. The van der Waals surface area contributed by atoms with Crippen LogP contribution in [0.3, 0.4) is 0 Å². The summed E-state index contributed by atoms with van der Waals surface area (Å²) >= 11 is 0. The third-order valence-electron chi connectivity index (χ3n) is 9.26. The van der Waals surface area contributed by atoms with Crippen LogP contribution in [0, 0.1) is 6.92 Å². The van der Waals surface area contributed by atoms with Crippen LogP contribution in [-0.4, -0.2) is 91.3 Å². The summed E-state index contributed by atoms with van der Waals surface area (Å²) in [5.74, 6) is 0. The van der Waals surface area contributed by atoms with Crippen LogP contribution in [0.4, 0.5) is 0 Å². The first kappa shape index (κ1) is 32.4. The second-order valence-electron chi connectivity index (χ2n) is 12.1. The molecule has 1 aromatic heterocycles. The first-order valence-corrected chi connectivity index (χ1v) is 19.4. The van der Waals surface area contributed by atoms with Gasteiger partial charge < -0.3 is 28.4 Å². The van der Waals surface area contributed by atoms with Gasteiger partial charge in [0.1, 0.15) is 26.4 Å². The molecule has 2 N–H and O–H groups in total. The molecule has 1 unspecified atom stereocenters. The summed E-state index contributed by atoms with van der Waals surface area (Å²) in [6, 6.07) is 22.6. The third kappa shape index (κ3) is 6.54. The summed E-state index contributed by atoms with van der Waals surface area (Å²) in [5, 5.41) is 13.1. The lowest BCUT2D eigenvalue weighted by Crippen LogP contribution is -2.58. The van der Waals surface area contributed by atoms with Crippen molar-refractivity contribution in [1.29, 1.82) is 0 Å². The van der Waals surface area contributed by atoms with E-state index in [1.54, 1.807) is 14.0 Å². The van der Waals surface area contributed by atoms with Crippen LogP contribution in [0.5, 0.6) is 0 Å². The van der Waals surface area contributed by atoms with Gasteiger partial charge in [0.05, 0.1) is 25.9 Å². The number of aryl methyl sites for hydroxylation is 1. The van der Waals surface area contributed by atoms with Gasteiger partial charge in [0.2, 0.25) is 0 Å². The molecule has 13 heteroatoms. The number of nitrogens with zero attached hydrogens (tertiary/aromatic N) is 2. The molecule has 3 saturated heterocycles. The van der Waals surface area contributed by atoms with Crippen molar-refractivity contribution in [1.82, 2.24) is 14.2 Å². The Morgan fingerprint density at radius 2 is 1.71 bits per heavy atom. The van der Waals surface area contributed by atoms with Crippen LogP contribution in [-0.2, 0) is 23.3 Å². The van der Waals surface area contributed by atoms with Gasteiger partial charge in [-0.3, -0.25) is 14.3 Å². The first-order valence-electron chi connectivity index (χ1n) is 15.5. The number of benzene rings is 2. The second kappa shape index (κ2) is 14.1. The van der Waals surface area contributed by atoms with Crippen LogP contribution in [0.2, 0.25) is 12.6 Å². The van der Waals surface area contributed by atoms with E-state index < -0.39 is 52.4 Å². The SMILES string of the molecule is COCCO[C@H]1C(O[P@]2O[C@H](C[Si](C)(c3ccccc3)c3ccccc3)[C@@H]3CCCN32)[C@@H](CO)O[C@H]1n1cc(C)c(=O)[nH]c1=O. The fraction of sp³-hybridized carbons (Fsp3) is 0.500. The molecule has 2 aromatic carbocycles. The number of hydrogen-bond donors (Lipinski definition) is 2. The van der Waals surface area contributed by atoms with Crippen molar-refractivity contribution in [2.75, 3.05) is 33.5 Å². The summed E-state index contributed by atoms with van der Waals surface area (Å²) in [7, 11) is -2.12. The predicted molar refractivity (Wildman–Crippen MR) is 174 cm³/mol. The van der Waals surface area contributed by atoms with Gasteiger partial charge >= 0.3 is 5.69 Å². The van der Waals surface area contributed by atoms with Gasteiger partial charge in [0.15, 0.2) is 6.23 Å². The molecule has 0 radical (unpaired) electrons. The van der Waals surface area contributed by atoms with Crippen molar-refractivity contribution in [3.63, 3.8) is 0 Å². The normalized spacial score (nSPS) is 28.5. The van der Waals surface area contributed by atoms with E-state index >= 15 is 0 Å². The highest BCUT2D eigenvalue weighted by molar-refractivity contribution is 7.45. The molecule has 3 aliphatic heterocycles. The summed E-state index contributed by atoms with van der Waals surface area (Å²) < 4.78 is 35.0. The van der Waals surface area contributed by atoms with Crippen molar-refractivity contribution < 1.29 is 28.4 Å². The van der Waals surface area contributed by atoms with E-state index in [9.17, 15) is 14.7 Å². The summed E-state index contributed by atoms with van der Waals surface area (Å²) in [6.45, 7) is 5.10. The fourth-order valence-electron chi connectivity index (χ4n) is 6.81. The van der Waals surface area contributed by atoms with E-state index in [1.807, 2.05) is 0 Å². The smallest absolute Gasteiger partial charge is 0.330 e. The molecule has 7 atom stereocenters. The maximum Gasteiger partial charge on any atom is 0.330 e. The monoisotopic (exact) mass is 655 g/mol. The van der Waals surface area contributed by atoms with Crippen molar-refractivity contribution in [3.8, 4) is 0 Å². The second-order valence-corrected chi connectivity index (χ2v) is 17.8. The number of methoxy groups -OCH3 is 1. The number of aliphatic hydroxyl groups excluding tert-OH is 1. The molecule has 0 saturated carbocycles. The third-order valence-corrected chi connectivity index (χ3v) is 15.5. The Kier molecular flexibility index (Phi) is 10.1. The van der Waals surface area contributed by atoms with E-state index in [-0.39, 0.29) is 25.4 Å². The zero-order valence-corrected chi connectivity index (χ0v) is 27.8. The zero-order valence-electron chi connectivity index (χ0n) is 25.9. The van der Waals surface area contributed by atoms with Crippen LogP contribution in [0.1, 0.15) is 24.6 Å². The van der Waals surface area contributed by atoms with Gasteiger partial charge in [-0.1, -0.05) is 77.6 Å². The van der Waals surface area contributed by atoms with Gasteiger partial charge in [-0.2, -0.15) is 0 Å². The number of nitrogens with one attached hydrogen (secondary N) is 1. The Bertz CT molecular complexity index is 1500. The molecular weight excluding hydrogens is 613 g/mol. The Morgan fingerprint density at radius 3 is 2.36 bits per heavy atom. The number of ether oxygens (including phenoxy) is 3. The Balaban J connectivity index is 1.28. The van der Waals surface area contributed by atoms with E-state index in [0.29, 0.717) is 12.2 Å². The predicted octanol–water partition coefficient (Wildman–Crippen LogP) is 2.13. The van der Waals surface area contributed by atoms with E-state index in [1.165, 1.54) is 21.1 Å². The Morgan fingerprint density at radius 1 is 1.02 bits per heavy atom. The molecule has 0 spiro atoms. The maximum atomic E-state index is 12.9. The molecule has 3 aromatic rings. The standard InChI is InChI=1S/C32H42N3O8PSi/c1-22-19-34(32(38)33-30(22)37)31-29(40-18-17-39-2)28(26(20-36)41-31)43-44-35-16-10-15-25(35)27(42-44)21-45(3,23-11-6-4-7-12-23)24-13-8-5-9-14-24/h4-9,11-14,19,25-29,31,36H,10,15-18,20-21H2,1-3H3,(H,33,37,38)/t25-,26+,27+,28?,29-,31+,44-/m0/s1. The largest absolute Gasteiger partial charge is 0.394 e. The van der Waals surface area contributed by atoms with E-state index in [0.717, 1.165) is 25.4 Å². The maximum absolute atomic E-state index is 12.9. The van der Waals surface area contributed by atoms with Crippen LogP contribution < -0.4 is 21.6 Å². The number of aromatic nitrogens is 2. The molecule has 4 heterocycles. The summed E-state index contributed by atoms with van der Waals surface area (Å²) in [4.78, 5) is 27.3. The number of fused-ring (bicyclic) bond motifs is 1. The lowest BCUT2D eigenvalue weighted by atomic mass is 10.1. The van der Waals surface area contributed by atoms with Crippen LogP contribution in [0.15, 0.2) is 76.4 Å². The minimum atomic E-state index is -2.19. The van der Waals surface area contributed by atoms with Crippen LogP contribution in [0.25, 0.3) is 0 Å². The molecule has 0 aliphatic carbocycles. The van der Waals surface area contributed by atoms with Crippen molar-refractivity contribution in [2.45, 2.75) is 69.0 Å². The lowest BCUT2D eigenvalue weighted by Gasteiger charge is -2.32. The molecule has 0 bridgehead atoms. The Hall–Kier alpha value is -2.51. The van der Waals surface area contributed by atoms with Gasteiger partial charge in [-0.05, 0) is 25.8 Å². The van der Waals surface area contributed by atoms with Crippen LogP contribution >= 0.6 is 8.53 Å². The molecular formula is C32H42N3O8PSi. The highest BCUT2D eigenvalue weighted by Crippen LogP contribution is 2.59. The van der Waals surface area contributed by atoms with Crippen molar-refractivity contribution in [2.24, 2.45) is 0 Å². The number of rotatable bonds is 12. The highest BCUT2D eigenvalue weighted by atomic mass is 31.2. The number of H-pyrrole nitrogens is 1. The minimum Gasteiger partial charge on any atom is -0.394 e. The van der Waals surface area contributed by atoms with Crippen molar-refractivity contribution >= 4 is 27.0 Å². The van der Waals surface area contributed by atoms with Gasteiger partial charge in [-0.25, -0.2) is 9.46 Å². The average Bonchev–Trinajstić information content (AvgIpc) is 3.76. The Labute approximate surface area is 265 Å². The zero-order chi connectivity index (χ0) is 31.6. The molecule has 11 nitrogen and oxygen atoms in total. The number of aliphatic hydroxyl groups is 1. The highest BCUT2D eigenvalue weighted by Gasteiger charge is 2.54.